The van der Waals surface area contributed by atoms with E-state index < -0.39 is 0 Å². The maximum absolute atomic E-state index is 11.1. The molecule has 1 rings (SSSR count). The highest BCUT2D eigenvalue weighted by Crippen LogP contribution is 2.45. The van der Waals surface area contributed by atoms with E-state index in [9.17, 15) is 4.79 Å². The van der Waals surface area contributed by atoms with E-state index in [1.165, 1.54) is 29.4 Å². The fourth-order valence-corrected chi connectivity index (χ4v) is 2.42. The summed E-state index contributed by atoms with van der Waals surface area (Å²) in [6, 6.07) is 0. The molecule has 0 saturated carbocycles. The number of rotatable bonds is 4. The van der Waals surface area contributed by atoms with Gasteiger partial charge in [-0.25, -0.2) is 0 Å². The van der Waals surface area contributed by atoms with Crippen molar-refractivity contribution >= 4 is 5.97 Å². The van der Waals surface area contributed by atoms with E-state index in [-0.39, 0.29) is 17.9 Å². The molecule has 0 fully saturated rings. The van der Waals surface area contributed by atoms with Crippen LogP contribution in [0, 0.1) is 5.41 Å². The molecule has 0 heterocycles. The number of hydrogen-bond acceptors (Lipinski definition) is 3. The predicted octanol–water partition coefficient (Wildman–Crippen LogP) is 2.44. The van der Waals surface area contributed by atoms with E-state index >= 15 is 0 Å². The van der Waals surface area contributed by atoms with E-state index in [1.54, 1.807) is 0 Å². The van der Waals surface area contributed by atoms with Crippen molar-refractivity contribution in [2.45, 2.75) is 34.6 Å². The van der Waals surface area contributed by atoms with Gasteiger partial charge >= 0.3 is 5.97 Å². The molecular formula is C14H23NO2. The molecule has 0 radical (unpaired) electrons. The minimum atomic E-state index is -0.219. The maximum Gasteiger partial charge on any atom is 0.319 e. The van der Waals surface area contributed by atoms with E-state index in [4.69, 9.17) is 0 Å². The first-order chi connectivity index (χ1) is 7.84. The van der Waals surface area contributed by atoms with Crippen molar-refractivity contribution in [3.63, 3.8) is 0 Å². The largest absolute Gasteiger partial charge is 0.468 e. The van der Waals surface area contributed by atoms with Gasteiger partial charge in [-0.3, -0.25) is 4.79 Å². The summed E-state index contributed by atoms with van der Waals surface area (Å²) in [7, 11) is 1.41. The third-order valence-electron chi connectivity index (χ3n) is 4.32. The summed E-state index contributed by atoms with van der Waals surface area (Å²) < 4.78 is 4.62. The van der Waals surface area contributed by atoms with Gasteiger partial charge in [-0.2, -0.15) is 0 Å². The number of allylic oxidation sites excluding steroid dienone is 2. The van der Waals surface area contributed by atoms with Gasteiger partial charge in [-0.1, -0.05) is 18.1 Å². The smallest absolute Gasteiger partial charge is 0.319 e. The predicted molar refractivity (Wildman–Crippen MR) is 69.7 cm³/mol. The normalized spacial score (nSPS) is 18.9. The highest BCUT2D eigenvalue weighted by Gasteiger charge is 2.35. The molecule has 0 aromatic rings. The van der Waals surface area contributed by atoms with E-state index in [2.05, 4.69) is 44.7 Å². The Kier molecular flexibility index (Phi) is 4.15. The number of carbonyl (C=O) groups excluding carboxylic acids is 1. The van der Waals surface area contributed by atoms with Crippen LogP contribution in [0.5, 0.6) is 0 Å². The summed E-state index contributed by atoms with van der Waals surface area (Å²) in [5.41, 5.74) is 5.58. The average Bonchev–Trinajstić information content (AvgIpc) is 2.46. The fourth-order valence-electron chi connectivity index (χ4n) is 2.42. The highest BCUT2D eigenvalue weighted by atomic mass is 16.5. The third-order valence-corrected chi connectivity index (χ3v) is 4.32. The van der Waals surface area contributed by atoms with Gasteiger partial charge in [0, 0.05) is 12.0 Å². The molecule has 17 heavy (non-hydrogen) atoms. The molecule has 0 amide bonds. The summed E-state index contributed by atoms with van der Waals surface area (Å²) in [5, 5.41) is 3.18. The highest BCUT2D eigenvalue weighted by molar-refractivity contribution is 5.71. The Morgan fingerprint density at radius 1 is 1.18 bits per heavy atom. The van der Waals surface area contributed by atoms with E-state index in [1.807, 2.05) is 0 Å². The molecule has 0 unspecified atom stereocenters. The average molecular weight is 237 g/mol. The molecule has 0 aliphatic heterocycles. The molecule has 0 atom stereocenters. The molecule has 0 aromatic heterocycles. The van der Waals surface area contributed by atoms with Gasteiger partial charge in [0.15, 0.2) is 0 Å². The first-order valence-electron chi connectivity index (χ1n) is 5.98. The zero-order valence-corrected chi connectivity index (χ0v) is 11.7. The van der Waals surface area contributed by atoms with Crippen LogP contribution in [0.3, 0.4) is 0 Å². The number of nitrogens with one attached hydrogen (secondary N) is 1. The van der Waals surface area contributed by atoms with Crippen molar-refractivity contribution in [2.24, 2.45) is 5.41 Å². The topological polar surface area (TPSA) is 38.3 Å². The van der Waals surface area contributed by atoms with Gasteiger partial charge in [0.2, 0.25) is 0 Å². The van der Waals surface area contributed by atoms with Crippen molar-refractivity contribution in [3.05, 3.63) is 22.3 Å². The Morgan fingerprint density at radius 2 is 1.65 bits per heavy atom. The van der Waals surface area contributed by atoms with Crippen molar-refractivity contribution in [1.29, 1.82) is 0 Å². The van der Waals surface area contributed by atoms with Crippen molar-refractivity contribution < 1.29 is 9.53 Å². The third kappa shape index (κ3) is 2.44. The van der Waals surface area contributed by atoms with Crippen LogP contribution >= 0.6 is 0 Å². The van der Waals surface area contributed by atoms with Crippen molar-refractivity contribution in [3.8, 4) is 0 Å². The van der Waals surface area contributed by atoms with E-state index in [0.717, 1.165) is 6.54 Å². The maximum atomic E-state index is 11.1. The summed E-state index contributed by atoms with van der Waals surface area (Å²) in [4.78, 5) is 11.1. The quantitative estimate of drug-likeness (QED) is 0.763. The zero-order valence-electron chi connectivity index (χ0n) is 11.7. The number of esters is 1. The molecule has 0 spiro atoms. The monoisotopic (exact) mass is 237 g/mol. The fraction of sp³-hybridized carbons (Fsp3) is 0.643. The Balaban J connectivity index is 2.73. The van der Waals surface area contributed by atoms with Gasteiger partial charge in [-0.15, -0.1) is 0 Å². The summed E-state index contributed by atoms with van der Waals surface area (Å²) in [6.07, 6.45) is 0. The standard InChI is InChI=1S/C14H23NO2/c1-9-10(2)12(4)14(5,11(9)3)8-15-7-13(16)17-6/h15H,7-8H2,1-6H3. The Hall–Kier alpha value is -1.09. The second kappa shape index (κ2) is 5.05. The molecule has 1 N–H and O–H groups in total. The van der Waals surface area contributed by atoms with Crippen molar-refractivity contribution in [2.75, 3.05) is 20.2 Å². The van der Waals surface area contributed by atoms with Crippen LogP contribution in [-0.2, 0) is 9.53 Å². The molecule has 1 aliphatic carbocycles. The lowest BCUT2D eigenvalue weighted by Gasteiger charge is -2.29. The van der Waals surface area contributed by atoms with Gasteiger partial charge in [0.05, 0.1) is 13.7 Å². The Bertz CT molecular complexity index is 367. The lowest BCUT2D eigenvalue weighted by atomic mass is 9.79. The van der Waals surface area contributed by atoms with Crippen molar-refractivity contribution in [1.82, 2.24) is 5.32 Å². The summed E-state index contributed by atoms with van der Waals surface area (Å²) in [6.45, 7) is 11.9. The lowest BCUT2D eigenvalue weighted by molar-refractivity contribution is -0.139. The zero-order chi connectivity index (χ0) is 13.2. The second-order valence-corrected chi connectivity index (χ2v) is 5.01. The Morgan fingerprint density at radius 3 is 2.06 bits per heavy atom. The summed E-state index contributed by atoms with van der Waals surface area (Å²) in [5.74, 6) is -0.219. The second-order valence-electron chi connectivity index (χ2n) is 5.01. The SMILES string of the molecule is COC(=O)CNCC1(C)C(C)=C(C)C(C)=C1C. The molecule has 3 heteroatoms. The molecule has 0 aromatic carbocycles. The van der Waals surface area contributed by atoms with Gasteiger partial charge in [-0.05, 0) is 38.8 Å². The Labute approximate surface area is 104 Å². The van der Waals surface area contributed by atoms with Gasteiger partial charge < -0.3 is 10.1 Å². The first kappa shape index (κ1) is 14.0. The minimum Gasteiger partial charge on any atom is -0.468 e. The van der Waals surface area contributed by atoms with Crippen LogP contribution in [0.2, 0.25) is 0 Å². The van der Waals surface area contributed by atoms with Crippen LogP contribution in [0.4, 0.5) is 0 Å². The molecule has 0 saturated heterocycles. The van der Waals surface area contributed by atoms with Crippen LogP contribution in [0.15, 0.2) is 22.3 Å². The van der Waals surface area contributed by atoms with Crippen LogP contribution in [-0.4, -0.2) is 26.2 Å². The summed E-state index contributed by atoms with van der Waals surface area (Å²) >= 11 is 0. The molecule has 96 valence electrons. The van der Waals surface area contributed by atoms with Crippen LogP contribution in [0.1, 0.15) is 34.6 Å². The van der Waals surface area contributed by atoms with E-state index in [0.29, 0.717) is 0 Å². The van der Waals surface area contributed by atoms with Gasteiger partial charge in [0.25, 0.3) is 0 Å². The lowest BCUT2D eigenvalue weighted by Crippen LogP contribution is -2.36. The first-order valence-corrected chi connectivity index (χ1v) is 5.98. The molecule has 1 aliphatic rings. The van der Waals surface area contributed by atoms with Gasteiger partial charge in [0.1, 0.15) is 0 Å². The minimum absolute atomic E-state index is 0.0299. The number of hydrogen-bond donors (Lipinski definition) is 1. The molecule has 3 nitrogen and oxygen atoms in total. The van der Waals surface area contributed by atoms with Crippen LogP contribution in [0.25, 0.3) is 0 Å². The number of methoxy groups -OCH3 is 1. The number of ether oxygens (including phenoxy) is 1. The molecular weight excluding hydrogens is 214 g/mol. The van der Waals surface area contributed by atoms with Crippen LogP contribution < -0.4 is 5.32 Å². The molecule has 0 bridgehead atoms. The number of carbonyl (C=O) groups is 1.